The molecule has 0 saturated carbocycles. The number of carboxylic acids is 1. The molecule has 1 aliphatic rings. The van der Waals surface area contributed by atoms with Crippen LogP contribution >= 0.6 is 0 Å². The van der Waals surface area contributed by atoms with Gasteiger partial charge in [-0.1, -0.05) is 64.6 Å². The number of para-hydroxylation sites is 1. The minimum atomic E-state index is -4.09. The van der Waals surface area contributed by atoms with Crippen molar-refractivity contribution in [3.8, 4) is 5.75 Å². The van der Waals surface area contributed by atoms with Gasteiger partial charge in [0.2, 0.25) is 10.0 Å². The Labute approximate surface area is 205 Å². The molecule has 0 fully saturated rings. The third-order valence-corrected chi connectivity index (χ3v) is 7.61. The predicted octanol–water partition coefficient (Wildman–Crippen LogP) is 2.67. The fourth-order valence-corrected chi connectivity index (χ4v) is 5.79. The van der Waals surface area contributed by atoms with Crippen molar-refractivity contribution >= 4 is 37.3 Å². The van der Waals surface area contributed by atoms with Crippen LogP contribution in [0, 0.1) is 0 Å². The maximum Gasteiger partial charge on any atom is 0.460 e. The van der Waals surface area contributed by atoms with Gasteiger partial charge in [-0.2, -0.15) is 0 Å². The monoisotopic (exact) mass is 517 g/mol. The lowest BCUT2D eigenvalue weighted by Crippen LogP contribution is -2.51. The van der Waals surface area contributed by atoms with Crippen molar-refractivity contribution in [3.05, 3.63) is 84.9 Å². The van der Waals surface area contributed by atoms with Crippen LogP contribution in [0.4, 0.5) is 0 Å². The summed E-state index contributed by atoms with van der Waals surface area (Å²) in [7, 11) is -5.24. The molecule has 2 atom stereocenters. The molecule has 1 heterocycles. The van der Waals surface area contributed by atoms with Crippen LogP contribution in [0.1, 0.15) is 6.42 Å². The fourth-order valence-electron chi connectivity index (χ4n) is 3.68. The van der Waals surface area contributed by atoms with Gasteiger partial charge in [-0.05, 0) is 36.1 Å². The van der Waals surface area contributed by atoms with E-state index in [4.69, 9.17) is 4.74 Å². The van der Waals surface area contributed by atoms with E-state index < -0.39 is 38.6 Å². The number of carbonyl (C=O) groups is 1. The molecule has 11 heteroatoms. The van der Waals surface area contributed by atoms with Crippen LogP contribution in [0.3, 0.4) is 0 Å². The summed E-state index contributed by atoms with van der Waals surface area (Å²) in [5.74, 6) is -0.513. The largest absolute Gasteiger partial charge is 0.497 e. The highest BCUT2D eigenvalue weighted by Gasteiger charge is 2.42. The van der Waals surface area contributed by atoms with E-state index in [1.807, 2.05) is 30.3 Å². The fraction of sp³-hybridized carbons (Fsp3) is 0.208. The lowest BCUT2D eigenvalue weighted by molar-refractivity contribution is -0.524. The number of methoxy groups -OCH3 is 1. The summed E-state index contributed by atoms with van der Waals surface area (Å²) in [4.78, 5) is 11.7. The average molecular weight is 518 g/mol. The van der Waals surface area contributed by atoms with Gasteiger partial charge in [0.1, 0.15) is 5.75 Å². The first kappa shape index (κ1) is 26.1. The molecule has 0 radical (unpaired) electrons. The van der Waals surface area contributed by atoms with Crippen LogP contribution in [0.15, 0.2) is 89.8 Å². The van der Waals surface area contributed by atoms with Crippen molar-refractivity contribution in [2.75, 3.05) is 13.7 Å². The Balaban J connectivity index is 0.000000363. The molecule has 0 aliphatic carbocycles. The number of hydrogen-bond donors (Lipinski definition) is 2. The first-order valence-electron chi connectivity index (χ1n) is 10.6. The highest BCUT2D eigenvalue weighted by atomic mass is 32.2. The highest BCUT2D eigenvalue weighted by Crippen LogP contribution is 2.24. The average Bonchev–Trinajstić information content (AvgIpc) is 3.07. The third-order valence-electron chi connectivity index (χ3n) is 5.30. The standard InChI is InChI=1S/C17H16N2O6S2.C7H8O/c20-17(21)16-14(9-3-4-11-19(16)26(22)23)18-27(24,25)15-10-5-7-12-6-1-2-8-13(12)15;1-8-7-5-3-2-4-6-7/h1-8,10,14,16,18H,9,11H2;2-6H,1H3/p+1. The summed E-state index contributed by atoms with van der Waals surface area (Å²) in [6, 6.07) is 18.7. The number of ether oxygens (including phenoxy) is 1. The molecular weight excluding hydrogens is 492 g/mol. The van der Waals surface area contributed by atoms with Crippen molar-refractivity contribution in [1.82, 2.24) is 4.72 Å². The second-order valence-corrected chi connectivity index (χ2v) is 10.1. The molecule has 35 heavy (non-hydrogen) atoms. The molecule has 0 saturated heterocycles. The van der Waals surface area contributed by atoms with Gasteiger partial charge in [0, 0.05) is 5.39 Å². The smallest absolute Gasteiger partial charge is 0.460 e. The Bertz CT molecular complexity index is 1450. The van der Waals surface area contributed by atoms with Crippen LogP contribution in [0.2, 0.25) is 0 Å². The van der Waals surface area contributed by atoms with Gasteiger partial charge in [-0.15, -0.1) is 8.42 Å². The summed E-state index contributed by atoms with van der Waals surface area (Å²) in [6.45, 7) is -0.139. The maximum atomic E-state index is 13.0. The van der Waals surface area contributed by atoms with E-state index in [1.165, 1.54) is 12.1 Å². The Morgan fingerprint density at radius 2 is 1.66 bits per heavy atom. The zero-order valence-corrected chi connectivity index (χ0v) is 20.4. The third kappa shape index (κ3) is 6.53. The van der Waals surface area contributed by atoms with Crippen LogP contribution in [-0.4, -0.2) is 57.6 Å². The Hall–Kier alpha value is -3.54. The number of carboxylic acid groups (broad SMARTS) is 1. The Kier molecular flexibility index (Phi) is 8.74. The summed E-state index contributed by atoms with van der Waals surface area (Å²) in [6.07, 6.45) is 3.12. The first-order valence-corrected chi connectivity index (χ1v) is 13.1. The number of hydrogen-bond acceptors (Lipinski definition) is 6. The molecule has 2 N–H and O–H groups in total. The summed E-state index contributed by atoms with van der Waals surface area (Å²) in [5.41, 5.74) is 0. The van der Waals surface area contributed by atoms with Gasteiger partial charge in [0.05, 0.1) is 18.0 Å². The quantitative estimate of drug-likeness (QED) is 0.393. The number of rotatable bonds is 5. The molecule has 184 valence electrons. The van der Waals surface area contributed by atoms with Gasteiger partial charge >= 0.3 is 16.5 Å². The lowest BCUT2D eigenvalue weighted by atomic mass is 10.1. The van der Waals surface area contributed by atoms with E-state index in [-0.39, 0.29) is 17.9 Å². The zero-order valence-electron chi connectivity index (χ0n) is 18.8. The van der Waals surface area contributed by atoms with Crippen LogP contribution in [0.25, 0.3) is 10.8 Å². The summed E-state index contributed by atoms with van der Waals surface area (Å²) >= 11 is 0. The molecule has 3 aromatic rings. The molecular formula is C24H25N2O7S2+. The van der Waals surface area contributed by atoms with E-state index >= 15 is 0 Å². The van der Waals surface area contributed by atoms with Crippen molar-refractivity contribution in [1.29, 1.82) is 0 Å². The molecule has 0 amide bonds. The molecule has 4 rings (SSSR count). The number of nitrogens with one attached hydrogen (secondary N) is 1. The second-order valence-electron chi connectivity index (χ2n) is 7.53. The number of fused-ring (bicyclic) bond motifs is 1. The van der Waals surface area contributed by atoms with Crippen LogP contribution < -0.4 is 9.46 Å². The van der Waals surface area contributed by atoms with E-state index in [2.05, 4.69) is 4.72 Å². The first-order chi connectivity index (χ1) is 16.7. The predicted molar refractivity (Wildman–Crippen MR) is 130 cm³/mol. The molecule has 3 aromatic carbocycles. The van der Waals surface area contributed by atoms with Crippen LogP contribution in [-0.2, 0) is 25.3 Å². The summed E-state index contributed by atoms with van der Waals surface area (Å²) < 4.78 is 56.8. The van der Waals surface area contributed by atoms with Gasteiger partial charge < -0.3 is 9.84 Å². The van der Waals surface area contributed by atoms with Crippen molar-refractivity contribution in [2.45, 2.75) is 23.4 Å². The Morgan fingerprint density at radius 1 is 1.00 bits per heavy atom. The molecule has 9 nitrogen and oxygen atoms in total. The second kappa shape index (κ2) is 11.7. The lowest BCUT2D eigenvalue weighted by Gasteiger charge is -2.19. The minimum absolute atomic E-state index is 0.00719. The van der Waals surface area contributed by atoms with Crippen molar-refractivity contribution < 1.29 is 35.4 Å². The number of aliphatic carboxylic acids is 1. The maximum absolute atomic E-state index is 13.0. The van der Waals surface area contributed by atoms with Gasteiger partial charge in [0.15, 0.2) is 6.54 Å². The van der Waals surface area contributed by atoms with E-state index in [9.17, 15) is 26.7 Å². The number of sulfonamides is 1. The molecule has 1 aliphatic heterocycles. The normalized spacial score (nSPS) is 17.7. The van der Waals surface area contributed by atoms with E-state index in [0.717, 1.165) is 11.1 Å². The SMILES string of the molecule is COc1ccccc1.O=C(O)C1C(NS(=O)(=O)c2cccc3ccccc23)CC=CC[N+]1=S(=O)=O. The highest BCUT2D eigenvalue weighted by molar-refractivity contribution is 7.89. The topological polar surface area (TPSA) is 130 Å². The van der Waals surface area contributed by atoms with Gasteiger partial charge in [-0.3, -0.25) is 0 Å². The zero-order chi connectivity index (χ0) is 25.4. The van der Waals surface area contributed by atoms with E-state index in [1.54, 1.807) is 49.6 Å². The van der Waals surface area contributed by atoms with Crippen molar-refractivity contribution in [3.63, 3.8) is 0 Å². The van der Waals surface area contributed by atoms with Gasteiger partial charge in [-0.25, -0.2) is 17.9 Å². The van der Waals surface area contributed by atoms with Crippen LogP contribution in [0.5, 0.6) is 5.75 Å². The number of benzene rings is 3. The van der Waals surface area contributed by atoms with E-state index in [0.29, 0.717) is 9.33 Å². The molecule has 2 unspecified atom stereocenters. The summed E-state index contributed by atoms with van der Waals surface area (Å²) in [5, 5.41) is 10.7. The number of nitrogens with zero attached hydrogens (tertiary/aromatic N) is 1. The Morgan fingerprint density at radius 3 is 2.29 bits per heavy atom. The molecule has 0 bridgehead atoms. The molecule has 0 aromatic heterocycles. The minimum Gasteiger partial charge on any atom is -0.497 e. The molecule has 0 spiro atoms. The van der Waals surface area contributed by atoms with Crippen molar-refractivity contribution in [2.24, 2.45) is 0 Å². The van der Waals surface area contributed by atoms with Gasteiger partial charge in [0.25, 0.3) is 6.04 Å².